The third-order valence-electron chi connectivity index (χ3n) is 3.80. The number of hydrogen-bond donors (Lipinski definition) is 1. The van der Waals surface area contributed by atoms with Gasteiger partial charge >= 0.3 is 0 Å². The maximum Gasteiger partial charge on any atom is 0.269 e. The number of nitrogens with zero attached hydrogens (tertiary/aromatic N) is 2. The summed E-state index contributed by atoms with van der Waals surface area (Å²) in [6.07, 6.45) is 1.10. The van der Waals surface area contributed by atoms with Crippen molar-refractivity contribution in [1.29, 1.82) is 0 Å². The van der Waals surface area contributed by atoms with Crippen molar-refractivity contribution in [1.82, 2.24) is 4.90 Å². The Bertz CT molecular complexity index is 475. The van der Waals surface area contributed by atoms with Gasteiger partial charge in [0.1, 0.15) is 0 Å². The van der Waals surface area contributed by atoms with Gasteiger partial charge in [-0.3, -0.25) is 10.1 Å². The van der Waals surface area contributed by atoms with E-state index < -0.39 is 0 Å². The standard InChI is InChI=1S/C12H15N3O2/c1-14-5-4-12-10(7-14)9-6-8(15(16)17)2-3-11(9)13-12/h2-3,6,10,12-13H,4-5,7H2,1H3. The molecule has 90 valence electrons. The highest BCUT2D eigenvalue weighted by Crippen LogP contribution is 2.41. The van der Waals surface area contributed by atoms with Crippen LogP contribution in [0.1, 0.15) is 17.9 Å². The van der Waals surface area contributed by atoms with Crippen LogP contribution in [0.15, 0.2) is 18.2 Å². The van der Waals surface area contributed by atoms with Crippen LogP contribution in [-0.2, 0) is 0 Å². The highest BCUT2D eigenvalue weighted by molar-refractivity contribution is 5.63. The molecular weight excluding hydrogens is 218 g/mol. The SMILES string of the molecule is CN1CCC2Nc3ccc([N+](=O)[O-])cc3C2C1. The molecule has 0 spiro atoms. The molecule has 3 rings (SSSR count). The Balaban J connectivity index is 1.98. The van der Waals surface area contributed by atoms with Crippen molar-refractivity contribution in [3.8, 4) is 0 Å². The summed E-state index contributed by atoms with van der Waals surface area (Å²) >= 11 is 0. The second-order valence-electron chi connectivity index (χ2n) is 4.94. The number of nitro groups is 1. The molecule has 17 heavy (non-hydrogen) atoms. The lowest BCUT2D eigenvalue weighted by atomic mass is 9.89. The molecule has 2 unspecified atom stereocenters. The molecule has 5 heteroatoms. The molecule has 0 radical (unpaired) electrons. The number of hydrogen-bond acceptors (Lipinski definition) is 4. The first kappa shape index (κ1) is 10.5. The van der Waals surface area contributed by atoms with Crippen molar-refractivity contribution < 1.29 is 4.92 Å². The highest BCUT2D eigenvalue weighted by Gasteiger charge is 2.36. The third kappa shape index (κ3) is 1.67. The summed E-state index contributed by atoms with van der Waals surface area (Å²) in [5.41, 5.74) is 2.37. The van der Waals surface area contributed by atoms with Crippen molar-refractivity contribution in [2.75, 3.05) is 25.5 Å². The molecule has 2 heterocycles. The van der Waals surface area contributed by atoms with Gasteiger partial charge in [0.25, 0.3) is 5.69 Å². The minimum atomic E-state index is -0.319. The van der Waals surface area contributed by atoms with Gasteiger partial charge in [-0.2, -0.15) is 0 Å². The van der Waals surface area contributed by atoms with E-state index in [9.17, 15) is 10.1 Å². The first-order chi connectivity index (χ1) is 8.15. The lowest BCUT2D eigenvalue weighted by molar-refractivity contribution is -0.384. The zero-order valence-corrected chi connectivity index (χ0v) is 9.72. The minimum absolute atomic E-state index is 0.194. The van der Waals surface area contributed by atoms with Crippen LogP contribution in [0, 0.1) is 10.1 Å². The summed E-state index contributed by atoms with van der Waals surface area (Å²) in [4.78, 5) is 12.8. The van der Waals surface area contributed by atoms with Gasteiger partial charge < -0.3 is 10.2 Å². The molecule has 0 saturated carbocycles. The smallest absolute Gasteiger partial charge is 0.269 e. The average molecular weight is 233 g/mol. The largest absolute Gasteiger partial charge is 0.381 e. The van der Waals surface area contributed by atoms with Gasteiger partial charge in [0, 0.05) is 36.3 Å². The fraction of sp³-hybridized carbons (Fsp3) is 0.500. The van der Waals surface area contributed by atoms with Crippen LogP contribution in [-0.4, -0.2) is 36.0 Å². The lowest BCUT2D eigenvalue weighted by Crippen LogP contribution is -2.39. The Hall–Kier alpha value is -1.62. The summed E-state index contributed by atoms with van der Waals surface area (Å²) in [6.45, 7) is 2.07. The molecule has 5 nitrogen and oxygen atoms in total. The summed E-state index contributed by atoms with van der Waals surface area (Å²) < 4.78 is 0. The van der Waals surface area contributed by atoms with Crippen molar-refractivity contribution in [3.05, 3.63) is 33.9 Å². The molecule has 1 N–H and O–H groups in total. The quantitative estimate of drug-likeness (QED) is 0.593. The number of rotatable bonds is 1. The van der Waals surface area contributed by atoms with Gasteiger partial charge in [-0.25, -0.2) is 0 Å². The monoisotopic (exact) mass is 233 g/mol. The van der Waals surface area contributed by atoms with E-state index in [0.29, 0.717) is 12.0 Å². The van der Waals surface area contributed by atoms with E-state index in [1.807, 2.05) is 6.07 Å². The number of anilines is 1. The topological polar surface area (TPSA) is 58.4 Å². The normalized spacial score (nSPS) is 27.1. The Morgan fingerprint density at radius 3 is 3.12 bits per heavy atom. The molecule has 0 aromatic heterocycles. The van der Waals surface area contributed by atoms with Gasteiger partial charge in [-0.15, -0.1) is 0 Å². The number of nitro benzene ring substituents is 1. The molecule has 0 aliphatic carbocycles. The fourth-order valence-electron chi connectivity index (χ4n) is 2.90. The van der Waals surface area contributed by atoms with Crippen molar-refractivity contribution in [2.45, 2.75) is 18.4 Å². The summed E-state index contributed by atoms with van der Waals surface area (Å²) in [5.74, 6) is 0.392. The maximum atomic E-state index is 10.8. The van der Waals surface area contributed by atoms with Gasteiger partial charge in [-0.1, -0.05) is 0 Å². The average Bonchev–Trinajstić information content (AvgIpc) is 2.66. The van der Waals surface area contributed by atoms with E-state index in [0.717, 1.165) is 30.8 Å². The maximum absolute atomic E-state index is 10.8. The molecule has 0 bridgehead atoms. The third-order valence-corrected chi connectivity index (χ3v) is 3.80. The predicted octanol–water partition coefficient (Wildman–Crippen LogP) is 1.81. The second-order valence-corrected chi connectivity index (χ2v) is 4.94. The molecule has 1 saturated heterocycles. The van der Waals surface area contributed by atoms with Crippen LogP contribution in [0.2, 0.25) is 0 Å². The van der Waals surface area contributed by atoms with Crippen molar-refractivity contribution in [2.24, 2.45) is 0 Å². The van der Waals surface area contributed by atoms with Gasteiger partial charge in [0.05, 0.1) is 4.92 Å². The Kier molecular flexibility index (Phi) is 2.29. The van der Waals surface area contributed by atoms with Crippen LogP contribution in [0.5, 0.6) is 0 Å². The molecule has 0 amide bonds. The molecule has 1 aromatic carbocycles. The molecular formula is C12H15N3O2. The van der Waals surface area contributed by atoms with Crippen LogP contribution in [0.3, 0.4) is 0 Å². The van der Waals surface area contributed by atoms with E-state index in [1.54, 1.807) is 12.1 Å². The first-order valence-corrected chi connectivity index (χ1v) is 5.88. The van der Waals surface area contributed by atoms with E-state index in [2.05, 4.69) is 17.3 Å². The Labute approximate surface area is 99.6 Å². The number of nitrogens with one attached hydrogen (secondary N) is 1. The second kappa shape index (κ2) is 3.70. The van der Waals surface area contributed by atoms with E-state index in [-0.39, 0.29) is 10.6 Å². The van der Waals surface area contributed by atoms with Crippen LogP contribution in [0.25, 0.3) is 0 Å². The van der Waals surface area contributed by atoms with E-state index in [4.69, 9.17) is 0 Å². The van der Waals surface area contributed by atoms with Crippen LogP contribution < -0.4 is 5.32 Å². The van der Waals surface area contributed by atoms with Gasteiger partial charge in [0.2, 0.25) is 0 Å². The van der Waals surface area contributed by atoms with E-state index in [1.165, 1.54) is 0 Å². The molecule has 2 atom stereocenters. The van der Waals surface area contributed by atoms with Crippen molar-refractivity contribution in [3.63, 3.8) is 0 Å². The first-order valence-electron chi connectivity index (χ1n) is 5.88. The summed E-state index contributed by atoms with van der Waals surface area (Å²) in [6, 6.07) is 5.59. The zero-order valence-electron chi connectivity index (χ0n) is 9.72. The van der Waals surface area contributed by atoms with E-state index >= 15 is 0 Å². The predicted molar refractivity (Wildman–Crippen MR) is 65.4 cm³/mol. The number of likely N-dealkylation sites (N-methyl/N-ethyl adjacent to an activating group) is 1. The summed E-state index contributed by atoms with van der Waals surface area (Å²) in [7, 11) is 2.10. The molecule has 1 fully saturated rings. The number of piperidine rings is 1. The molecule has 2 aliphatic rings. The van der Waals surface area contributed by atoms with Gasteiger partial charge in [-0.05, 0) is 31.6 Å². The van der Waals surface area contributed by atoms with Crippen LogP contribution >= 0.6 is 0 Å². The van der Waals surface area contributed by atoms with Crippen molar-refractivity contribution >= 4 is 11.4 Å². The fourth-order valence-corrected chi connectivity index (χ4v) is 2.90. The summed E-state index contributed by atoms with van der Waals surface area (Å²) in [5, 5.41) is 14.3. The zero-order chi connectivity index (χ0) is 12.0. The number of likely N-dealkylation sites (tertiary alicyclic amines) is 1. The number of non-ortho nitro benzene ring substituents is 1. The van der Waals surface area contributed by atoms with Crippen LogP contribution in [0.4, 0.5) is 11.4 Å². The highest BCUT2D eigenvalue weighted by atomic mass is 16.6. The number of benzene rings is 1. The minimum Gasteiger partial charge on any atom is -0.381 e. The number of fused-ring (bicyclic) bond motifs is 3. The molecule has 2 aliphatic heterocycles. The Morgan fingerprint density at radius 2 is 2.35 bits per heavy atom. The molecule has 1 aromatic rings. The Morgan fingerprint density at radius 1 is 1.53 bits per heavy atom. The van der Waals surface area contributed by atoms with Gasteiger partial charge in [0.15, 0.2) is 0 Å². The lowest BCUT2D eigenvalue weighted by Gasteiger charge is -2.32.